The quantitative estimate of drug-likeness (QED) is 0.416. The van der Waals surface area contributed by atoms with Gasteiger partial charge in [-0.2, -0.15) is 0 Å². The van der Waals surface area contributed by atoms with Crippen molar-refractivity contribution < 1.29 is 0 Å². The van der Waals surface area contributed by atoms with Crippen molar-refractivity contribution in [2.45, 2.75) is 46.2 Å². The fourth-order valence-electron chi connectivity index (χ4n) is 4.27. The molecular weight excluding hydrogens is 386 g/mol. The lowest BCUT2D eigenvalue weighted by atomic mass is 10.1. The van der Waals surface area contributed by atoms with E-state index in [1.165, 1.54) is 5.56 Å². The molecule has 0 aliphatic carbocycles. The molecule has 0 fully saturated rings. The molecule has 0 saturated heterocycles. The molecule has 0 N–H and O–H groups in total. The van der Waals surface area contributed by atoms with E-state index < -0.39 is 0 Å². The maximum absolute atomic E-state index is 13.6. The molecule has 6 heteroatoms. The highest BCUT2D eigenvalue weighted by molar-refractivity contribution is 6.04. The van der Waals surface area contributed by atoms with Gasteiger partial charge in [0, 0.05) is 12.6 Å². The van der Waals surface area contributed by atoms with Crippen molar-refractivity contribution in [3.63, 3.8) is 0 Å². The predicted octanol–water partition coefficient (Wildman–Crippen LogP) is 4.82. The summed E-state index contributed by atoms with van der Waals surface area (Å²) in [6.07, 6.45) is 1.68. The average molecular weight is 412 g/mol. The highest BCUT2D eigenvalue weighted by atomic mass is 16.1. The smallest absolute Gasteiger partial charge is 0.265 e. The van der Waals surface area contributed by atoms with Crippen molar-refractivity contribution in [3.8, 4) is 0 Å². The minimum atomic E-state index is -0.0371. The van der Waals surface area contributed by atoms with Gasteiger partial charge in [0.1, 0.15) is 16.7 Å². The van der Waals surface area contributed by atoms with E-state index in [0.717, 1.165) is 35.3 Å². The molecule has 0 amide bonds. The molecule has 0 bridgehead atoms. The van der Waals surface area contributed by atoms with Crippen LogP contribution < -0.4 is 5.56 Å². The number of para-hydroxylation sites is 2. The van der Waals surface area contributed by atoms with Crippen molar-refractivity contribution in [3.05, 3.63) is 76.3 Å². The highest BCUT2D eigenvalue weighted by Crippen LogP contribution is 2.26. The maximum atomic E-state index is 13.6. The summed E-state index contributed by atoms with van der Waals surface area (Å²) >= 11 is 0. The Balaban J connectivity index is 1.82. The van der Waals surface area contributed by atoms with E-state index in [2.05, 4.69) is 30.5 Å². The zero-order valence-electron chi connectivity index (χ0n) is 18.0. The molecule has 0 saturated carbocycles. The fraction of sp³-hybridized carbons (Fsp3) is 0.280. The van der Waals surface area contributed by atoms with E-state index in [0.29, 0.717) is 23.1 Å². The van der Waals surface area contributed by atoms with Gasteiger partial charge in [0.15, 0.2) is 11.3 Å². The number of nitrogens with zero attached hydrogens (tertiary/aromatic N) is 5. The van der Waals surface area contributed by atoms with E-state index in [-0.39, 0.29) is 11.6 Å². The number of rotatable bonds is 5. The van der Waals surface area contributed by atoms with Gasteiger partial charge in [-0.25, -0.2) is 15.0 Å². The summed E-state index contributed by atoms with van der Waals surface area (Å²) in [4.78, 5) is 28.3. The van der Waals surface area contributed by atoms with Crippen molar-refractivity contribution in [1.82, 2.24) is 24.1 Å². The molecule has 156 valence electrons. The zero-order valence-corrected chi connectivity index (χ0v) is 18.0. The van der Waals surface area contributed by atoms with Crippen molar-refractivity contribution in [2.24, 2.45) is 0 Å². The monoisotopic (exact) mass is 411 g/mol. The van der Waals surface area contributed by atoms with Gasteiger partial charge < -0.3 is 4.57 Å². The van der Waals surface area contributed by atoms with Crippen molar-refractivity contribution in [2.75, 3.05) is 0 Å². The summed E-state index contributed by atoms with van der Waals surface area (Å²) in [5, 5.41) is 0.562. The molecule has 5 rings (SSSR count). The van der Waals surface area contributed by atoms with Gasteiger partial charge in [0.2, 0.25) is 0 Å². The largest absolute Gasteiger partial charge is 0.308 e. The number of aromatic nitrogens is 5. The number of hydrogen-bond acceptors (Lipinski definition) is 4. The van der Waals surface area contributed by atoms with Crippen LogP contribution in [0.5, 0.6) is 0 Å². The molecule has 0 spiro atoms. The number of benzene rings is 2. The van der Waals surface area contributed by atoms with E-state index in [4.69, 9.17) is 15.0 Å². The zero-order chi connectivity index (χ0) is 21.5. The predicted molar refractivity (Wildman–Crippen MR) is 124 cm³/mol. The molecule has 31 heavy (non-hydrogen) atoms. The van der Waals surface area contributed by atoms with Gasteiger partial charge in [0.25, 0.3) is 5.56 Å². The van der Waals surface area contributed by atoms with Crippen molar-refractivity contribution in [1.29, 1.82) is 0 Å². The minimum Gasteiger partial charge on any atom is -0.308 e. The van der Waals surface area contributed by atoms with Gasteiger partial charge >= 0.3 is 0 Å². The number of aryl methyl sites for hydroxylation is 3. The average Bonchev–Trinajstić information content (AvgIpc) is 3.08. The first-order valence-electron chi connectivity index (χ1n) is 10.8. The van der Waals surface area contributed by atoms with Crippen LogP contribution in [0.15, 0.2) is 59.4 Å². The van der Waals surface area contributed by atoms with Crippen LogP contribution in [0.1, 0.15) is 37.7 Å². The van der Waals surface area contributed by atoms with Crippen LogP contribution in [0, 0.1) is 6.92 Å². The molecule has 3 heterocycles. The molecule has 0 radical (unpaired) electrons. The van der Waals surface area contributed by atoms with Crippen LogP contribution >= 0.6 is 0 Å². The van der Waals surface area contributed by atoms with Crippen LogP contribution in [0.4, 0.5) is 0 Å². The third-order valence-electron chi connectivity index (χ3n) is 6.07. The second kappa shape index (κ2) is 7.61. The lowest BCUT2D eigenvalue weighted by Crippen LogP contribution is -2.26. The first-order chi connectivity index (χ1) is 15.1. The van der Waals surface area contributed by atoms with E-state index >= 15 is 0 Å². The summed E-state index contributed by atoms with van der Waals surface area (Å²) in [6, 6.07) is 18.2. The fourth-order valence-corrected chi connectivity index (χ4v) is 4.27. The van der Waals surface area contributed by atoms with E-state index in [1.807, 2.05) is 49.4 Å². The Bertz CT molecular complexity index is 1470. The standard InChI is InChI=1S/C25H25N5O/c1-4-16(2)30-17(3)26-23-21(25(30)31)22-24(28-20-13-9-8-12-19(20)27-22)29(23)15-14-18-10-6-5-7-11-18/h5-13,16H,4,14-15H2,1-3H3/t16-/m1/s1. The maximum Gasteiger partial charge on any atom is 0.265 e. The van der Waals surface area contributed by atoms with Crippen LogP contribution in [0.25, 0.3) is 33.2 Å². The second-order valence-electron chi connectivity index (χ2n) is 8.06. The minimum absolute atomic E-state index is 0.0371. The third-order valence-corrected chi connectivity index (χ3v) is 6.07. The van der Waals surface area contributed by atoms with Crippen molar-refractivity contribution >= 4 is 33.2 Å². The lowest BCUT2D eigenvalue weighted by Gasteiger charge is -2.16. The third kappa shape index (κ3) is 3.19. The van der Waals surface area contributed by atoms with Gasteiger partial charge in [-0.3, -0.25) is 9.36 Å². The van der Waals surface area contributed by atoms with Crippen LogP contribution in [0.3, 0.4) is 0 Å². The Morgan fingerprint density at radius 3 is 2.29 bits per heavy atom. The first-order valence-corrected chi connectivity index (χ1v) is 10.8. The summed E-state index contributed by atoms with van der Waals surface area (Å²) in [7, 11) is 0. The van der Waals surface area contributed by atoms with Crippen LogP contribution in [0.2, 0.25) is 0 Å². The lowest BCUT2D eigenvalue weighted by molar-refractivity contribution is 0.496. The SMILES string of the molecule is CC[C@@H](C)n1c(C)nc2c(c1=O)c1nc3ccccc3nc1n2CCc1ccccc1. The Morgan fingerprint density at radius 2 is 1.58 bits per heavy atom. The topological polar surface area (TPSA) is 65.6 Å². The molecule has 0 aliphatic heterocycles. The molecular formula is C25H25N5O. The Morgan fingerprint density at radius 1 is 0.903 bits per heavy atom. The Kier molecular flexibility index (Phi) is 4.77. The summed E-state index contributed by atoms with van der Waals surface area (Å²) < 4.78 is 3.85. The van der Waals surface area contributed by atoms with E-state index in [1.54, 1.807) is 4.57 Å². The number of fused-ring (bicyclic) bond motifs is 4. The molecule has 0 unspecified atom stereocenters. The summed E-state index contributed by atoms with van der Waals surface area (Å²) in [6.45, 7) is 6.72. The number of hydrogen-bond donors (Lipinski definition) is 0. The second-order valence-corrected chi connectivity index (χ2v) is 8.06. The molecule has 5 aromatic rings. The van der Waals surface area contributed by atoms with Gasteiger partial charge in [-0.15, -0.1) is 0 Å². The summed E-state index contributed by atoms with van der Waals surface area (Å²) in [5.74, 6) is 0.722. The molecule has 0 aliphatic rings. The van der Waals surface area contributed by atoms with E-state index in [9.17, 15) is 4.79 Å². The van der Waals surface area contributed by atoms with Crippen LogP contribution in [-0.4, -0.2) is 24.1 Å². The van der Waals surface area contributed by atoms with Gasteiger partial charge in [-0.1, -0.05) is 49.4 Å². The summed E-state index contributed by atoms with van der Waals surface area (Å²) in [5.41, 5.74) is 4.82. The van der Waals surface area contributed by atoms with Gasteiger partial charge in [0.05, 0.1) is 11.0 Å². The van der Waals surface area contributed by atoms with Gasteiger partial charge in [-0.05, 0) is 44.4 Å². The molecule has 3 aromatic heterocycles. The highest BCUT2D eigenvalue weighted by Gasteiger charge is 2.22. The molecule has 2 aromatic carbocycles. The molecule has 1 atom stereocenters. The first kappa shape index (κ1) is 19.4. The Labute approximate surface area is 180 Å². The normalized spacial score (nSPS) is 12.7. The Hall–Kier alpha value is -3.54. The van der Waals surface area contributed by atoms with Crippen LogP contribution in [-0.2, 0) is 13.0 Å². The molecule has 6 nitrogen and oxygen atoms in total.